The van der Waals surface area contributed by atoms with Crippen molar-refractivity contribution in [2.75, 3.05) is 12.4 Å². The van der Waals surface area contributed by atoms with E-state index in [-0.39, 0.29) is 18.4 Å². The normalized spacial score (nSPS) is 24.7. The quantitative estimate of drug-likeness (QED) is 0.681. The largest absolute Gasteiger partial charge is 0.396 e. The first-order chi connectivity index (χ1) is 8.57. The molecule has 6 heteroatoms. The number of aliphatic hydroxyl groups excluding tert-OH is 1. The van der Waals surface area contributed by atoms with Gasteiger partial charge in [0, 0.05) is 19.1 Å². The second-order valence-corrected chi connectivity index (χ2v) is 6.83. The molecule has 0 aromatic heterocycles. The first-order valence-electron chi connectivity index (χ1n) is 6.55. The molecule has 1 aliphatic carbocycles. The second-order valence-electron chi connectivity index (χ2n) is 4.95. The Labute approximate surface area is 109 Å². The number of nitriles is 1. The highest BCUT2D eigenvalue weighted by molar-refractivity contribution is 7.89. The van der Waals surface area contributed by atoms with Crippen molar-refractivity contribution in [3.05, 3.63) is 0 Å². The number of unbranched alkanes of at least 4 members (excludes halogenated alkanes) is 2. The molecule has 0 amide bonds. The van der Waals surface area contributed by atoms with Crippen LogP contribution in [0.15, 0.2) is 0 Å². The maximum Gasteiger partial charge on any atom is 0.211 e. The first-order valence-corrected chi connectivity index (χ1v) is 8.20. The van der Waals surface area contributed by atoms with Crippen LogP contribution in [0.3, 0.4) is 0 Å². The van der Waals surface area contributed by atoms with E-state index in [9.17, 15) is 8.42 Å². The number of sulfonamides is 1. The molecule has 0 unspecified atom stereocenters. The highest BCUT2D eigenvalue weighted by atomic mass is 32.2. The summed E-state index contributed by atoms with van der Waals surface area (Å²) in [7, 11) is -3.21. The van der Waals surface area contributed by atoms with Crippen molar-refractivity contribution in [2.45, 2.75) is 51.0 Å². The van der Waals surface area contributed by atoms with Crippen LogP contribution in [-0.4, -0.2) is 31.9 Å². The summed E-state index contributed by atoms with van der Waals surface area (Å²) in [5.41, 5.74) is 0. The fourth-order valence-electron chi connectivity index (χ4n) is 2.27. The summed E-state index contributed by atoms with van der Waals surface area (Å²) < 4.78 is 26.3. The van der Waals surface area contributed by atoms with Crippen molar-refractivity contribution in [3.63, 3.8) is 0 Å². The molecule has 0 aliphatic heterocycles. The Bertz CT molecular complexity index is 367. The van der Waals surface area contributed by atoms with E-state index in [1.54, 1.807) is 0 Å². The summed E-state index contributed by atoms with van der Waals surface area (Å²) in [6, 6.07) is 2.03. The SMILES string of the molecule is N#CCCCCS(=O)(=O)NC1CCC(CO)CC1. The second kappa shape index (κ2) is 7.72. The lowest BCUT2D eigenvalue weighted by Gasteiger charge is -2.27. The van der Waals surface area contributed by atoms with Crippen molar-refractivity contribution in [1.82, 2.24) is 4.72 Å². The van der Waals surface area contributed by atoms with Crippen LogP contribution in [0.1, 0.15) is 44.9 Å². The Morgan fingerprint density at radius 2 is 1.89 bits per heavy atom. The number of aliphatic hydroxyl groups is 1. The minimum Gasteiger partial charge on any atom is -0.396 e. The highest BCUT2D eigenvalue weighted by Gasteiger charge is 2.24. The van der Waals surface area contributed by atoms with Crippen molar-refractivity contribution in [3.8, 4) is 6.07 Å². The lowest BCUT2D eigenvalue weighted by atomic mass is 9.87. The summed E-state index contributed by atoms with van der Waals surface area (Å²) in [6.07, 6.45) is 4.97. The van der Waals surface area contributed by atoms with E-state index >= 15 is 0 Å². The fourth-order valence-corrected chi connectivity index (χ4v) is 3.72. The smallest absolute Gasteiger partial charge is 0.211 e. The average Bonchev–Trinajstić information content (AvgIpc) is 2.35. The number of nitrogens with one attached hydrogen (secondary N) is 1. The van der Waals surface area contributed by atoms with Crippen molar-refractivity contribution in [1.29, 1.82) is 5.26 Å². The monoisotopic (exact) mass is 274 g/mol. The zero-order valence-corrected chi connectivity index (χ0v) is 11.5. The van der Waals surface area contributed by atoms with Gasteiger partial charge in [0.25, 0.3) is 0 Å². The summed E-state index contributed by atoms with van der Waals surface area (Å²) in [6.45, 7) is 0.202. The predicted molar refractivity (Wildman–Crippen MR) is 69.2 cm³/mol. The molecule has 18 heavy (non-hydrogen) atoms. The van der Waals surface area contributed by atoms with Gasteiger partial charge in [0.15, 0.2) is 0 Å². The van der Waals surface area contributed by atoms with Gasteiger partial charge in [-0.25, -0.2) is 13.1 Å². The topological polar surface area (TPSA) is 90.2 Å². The number of rotatable bonds is 7. The van der Waals surface area contributed by atoms with E-state index in [1.165, 1.54) is 0 Å². The predicted octanol–water partition coefficient (Wildman–Crippen LogP) is 1.15. The van der Waals surface area contributed by atoms with Gasteiger partial charge in [-0.15, -0.1) is 0 Å². The van der Waals surface area contributed by atoms with Crippen LogP contribution < -0.4 is 4.72 Å². The molecular weight excluding hydrogens is 252 g/mol. The lowest BCUT2D eigenvalue weighted by molar-refractivity contribution is 0.180. The third-order valence-corrected chi connectivity index (χ3v) is 4.92. The molecule has 1 fully saturated rings. The standard InChI is InChI=1S/C12H22N2O3S/c13-8-2-1-3-9-18(16,17)14-12-6-4-11(10-15)5-7-12/h11-12,14-15H,1-7,9-10H2. The minimum atomic E-state index is -3.21. The molecule has 0 aromatic carbocycles. The molecular formula is C12H22N2O3S. The Morgan fingerprint density at radius 3 is 2.44 bits per heavy atom. The highest BCUT2D eigenvalue weighted by Crippen LogP contribution is 2.24. The maximum absolute atomic E-state index is 11.8. The van der Waals surface area contributed by atoms with Crippen LogP contribution in [-0.2, 0) is 10.0 Å². The Balaban J connectivity index is 2.26. The molecule has 5 nitrogen and oxygen atoms in total. The van der Waals surface area contributed by atoms with Gasteiger partial charge in [-0.05, 0) is 44.4 Å². The number of hydrogen-bond donors (Lipinski definition) is 2. The summed E-state index contributed by atoms with van der Waals surface area (Å²) in [5.74, 6) is 0.440. The Morgan fingerprint density at radius 1 is 1.22 bits per heavy atom. The van der Waals surface area contributed by atoms with E-state index in [0.29, 0.717) is 25.2 Å². The van der Waals surface area contributed by atoms with Crippen LogP contribution >= 0.6 is 0 Å². The Kier molecular flexibility index (Phi) is 6.61. The lowest BCUT2D eigenvalue weighted by Crippen LogP contribution is -2.39. The zero-order valence-electron chi connectivity index (χ0n) is 10.6. The number of nitrogens with zero attached hydrogens (tertiary/aromatic N) is 1. The molecule has 2 N–H and O–H groups in total. The van der Waals surface area contributed by atoms with E-state index in [4.69, 9.17) is 10.4 Å². The van der Waals surface area contributed by atoms with Crippen molar-refractivity contribution >= 4 is 10.0 Å². The molecule has 104 valence electrons. The van der Waals surface area contributed by atoms with Gasteiger partial charge in [0.1, 0.15) is 0 Å². The maximum atomic E-state index is 11.8. The van der Waals surface area contributed by atoms with Gasteiger partial charge in [0.2, 0.25) is 10.0 Å². The molecule has 0 aromatic rings. The molecule has 1 saturated carbocycles. The molecule has 0 bridgehead atoms. The molecule has 0 heterocycles. The van der Waals surface area contributed by atoms with E-state index in [2.05, 4.69) is 4.72 Å². The first kappa shape index (κ1) is 15.4. The molecule has 0 saturated heterocycles. The third kappa shape index (κ3) is 5.80. The molecule has 0 spiro atoms. The van der Waals surface area contributed by atoms with Gasteiger partial charge < -0.3 is 5.11 Å². The van der Waals surface area contributed by atoms with E-state index in [0.717, 1.165) is 25.7 Å². The van der Waals surface area contributed by atoms with Crippen LogP contribution in [0.2, 0.25) is 0 Å². The summed E-state index contributed by atoms with van der Waals surface area (Å²) in [4.78, 5) is 0. The number of hydrogen-bond acceptors (Lipinski definition) is 4. The summed E-state index contributed by atoms with van der Waals surface area (Å²) in [5, 5.41) is 17.4. The van der Waals surface area contributed by atoms with Crippen LogP contribution in [0.4, 0.5) is 0 Å². The molecule has 0 atom stereocenters. The Hall–Kier alpha value is -0.640. The molecule has 1 aliphatic rings. The van der Waals surface area contributed by atoms with E-state index in [1.807, 2.05) is 6.07 Å². The van der Waals surface area contributed by atoms with Gasteiger partial charge in [-0.3, -0.25) is 0 Å². The van der Waals surface area contributed by atoms with Gasteiger partial charge >= 0.3 is 0 Å². The summed E-state index contributed by atoms with van der Waals surface area (Å²) >= 11 is 0. The van der Waals surface area contributed by atoms with Gasteiger partial charge in [-0.1, -0.05) is 0 Å². The van der Waals surface area contributed by atoms with Crippen LogP contribution in [0, 0.1) is 17.2 Å². The molecule has 0 radical (unpaired) electrons. The van der Waals surface area contributed by atoms with Crippen LogP contribution in [0.25, 0.3) is 0 Å². The van der Waals surface area contributed by atoms with Crippen molar-refractivity contribution in [2.24, 2.45) is 5.92 Å². The minimum absolute atomic E-state index is 0.0220. The average molecular weight is 274 g/mol. The van der Waals surface area contributed by atoms with Gasteiger partial charge in [0.05, 0.1) is 11.8 Å². The fraction of sp³-hybridized carbons (Fsp3) is 0.917. The van der Waals surface area contributed by atoms with E-state index < -0.39 is 10.0 Å². The molecule has 1 rings (SSSR count). The van der Waals surface area contributed by atoms with Gasteiger partial charge in [-0.2, -0.15) is 5.26 Å². The zero-order chi connectivity index (χ0) is 13.4. The van der Waals surface area contributed by atoms with Crippen molar-refractivity contribution < 1.29 is 13.5 Å². The van der Waals surface area contributed by atoms with Crippen LogP contribution in [0.5, 0.6) is 0 Å². The third-order valence-electron chi connectivity index (χ3n) is 3.40.